The van der Waals surface area contributed by atoms with E-state index in [4.69, 9.17) is 23.4 Å². The highest BCUT2D eigenvalue weighted by atomic mass is 32.1. The lowest BCUT2D eigenvalue weighted by molar-refractivity contribution is -0.143. The molecule has 1 amide bonds. The normalized spacial score (nSPS) is 17.1. The van der Waals surface area contributed by atoms with Crippen LogP contribution in [0.5, 0.6) is 5.75 Å². The van der Waals surface area contributed by atoms with Crippen molar-refractivity contribution in [1.82, 2.24) is 19.0 Å². The zero-order valence-electron chi connectivity index (χ0n) is 25.9. The molecule has 0 spiro atoms. The standard InChI is InChI=1S/C32H38N4O8S/c1-20-25-28(37)36(32(2,3)30(38)34-12-17-42-18-13-34)31(39)35(29(25)45-26(20)27-33-11-16-43-27)19-24(44-21-9-14-41-15-10-21)22-7-5-6-8-23(22)40-4/h5-8,11,16,21,24H,9-10,12-15,17-19H2,1-4H3/t24-/m0/s1. The summed E-state index contributed by atoms with van der Waals surface area (Å²) >= 11 is 1.26. The van der Waals surface area contributed by atoms with Gasteiger partial charge in [0.15, 0.2) is 0 Å². The van der Waals surface area contributed by atoms with Gasteiger partial charge in [-0.05, 0) is 45.2 Å². The number of thiophene rings is 1. The molecule has 1 aromatic carbocycles. The number of carbonyl (C=O) groups is 1. The first-order chi connectivity index (χ1) is 21.7. The van der Waals surface area contributed by atoms with Crippen molar-refractivity contribution in [2.75, 3.05) is 46.6 Å². The number of aryl methyl sites for hydroxylation is 1. The predicted molar refractivity (Wildman–Crippen MR) is 168 cm³/mol. The molecule has 4 aromatic rings. The van der Waals surface area contributed by atoms with Gasteiger partial charge in [0.25, 0.3) is 5.56 Å². The minimum absolute atomic E-state index is 0.0696. The third-order valence-corrected chi connectivity index (χ3v) is 9.88. The van der Waals surface area contributed by atoms with Crippen LogP contribution in [0.25, 0.3) is 21.0 Å². The number of oxazole rings is 1. The average molecular weight is 639 g/mol. The zero-order valence-corrected chi connectivity index (χ0v) is 26.8. The number of nitrogens with zero attached hydrogens (tertiary/aromatic N) is 4. The van der Waals surface area contributed by atoms with Crippen LogP contribution in [-0.2, 0) is 31.1 Å². The minimum Gasteiger partial charge on any atom is -0.496 e. The molecule has 2 fully saturated rings. The predicted octanol–water partition coefficient (Wildman–Crippen LogP) is 3.73. The summed E-state index contributed by atoms with van der Waals surface area (Å²) in [6, 6.07) is 7.56. The number of hydrogen-bond acceptors (Lipinski definition) is 10. The van der Waals surface area contributed by atoms with Gasteiger partial charge >= 0.3 is 5.69 Å². The Balaban J connectivity index is 1.55. The number of aromatic nitrogens is 3. The number of rotatable bonds is 9. The Kier molecular flexibility index (Phi) is 8.96. The van der Waals surface area contributed by atoms with Gasteiger partial charge in [-0.15, -0.1) is 11.3 Å². The van der Waals surface area contributed by atoms with Crippen LogP contribution in [0.15, 0.2) is 50.7 Å². The Morgan fingerprint density at radius 1 is 1.11 bits per heavy atom. The Bertz CT molecular complexity index is 1780. The lowest BCUT2D eigenvalue weighted by atomic mass is 10.0. The molecule has 0 unspecified atom stereocenters. The van der Waals surface area contributed by atoms with E-state index in [1.807, 2.05) is 31.2 Å². The van der Waals surface area contributed by atoms with Crippen molar-refractivity contribution in [2.45, 2.75) is 57.9 Å². The van der Waals surface area contributed by atoms with Crippen LogP contribution < -0.4 is 16.0 Å². The van der Waals surface area contributed by atoms with E-state index >= 15 is 0 Å². The van der Waals surface area contributed by atoms with Crippen molar-refractivity contribution < 1.29 is 28.2 Å². The maximum absolute atomic E-state index is 14.6. The zero-order chi connectivity index (χ0) is 31.7. The summed E-state index contributed by atoms with van der Waals surface area (Å²) in [5.74, 6) is 0.649. The second-order valence-corrected chi connectivity index (χ2v) is 12.7. The summed E-state index contributed by atoms with van der Waals surface area (Å²) in [4.78, 5) is 50.0. The quantitative estimate of drug-likeness (QED) is 0.270. The topological polar surface area (TPSA) is 127 Å². The van der Waals surface area contributed by atoms with Crippen molar-refractivity contribution in [3.8, 4) is 16.5 Å². The van der Waals surface area contributed by atoms with Crippen molar-refractivity contribution in [2.24, 2.45) is 0 Å². The number of ether oxygens (including phenoxy) is 4. The molecule has 0 saturated carbocycles. The summed E-state index contributed by atoms with van der Waals surface area (Å²) in [5.41, 5.74) is -1.23. The number of amides is 1. The molecule has 45 heavy (non-hydrogen) atoms. The first kappa shape index (κ1) is 31.2. The molecule has 1 atom stereocenters. The molecular formula is C32H38N4O8S. The highest BCUT2D eigenvalue weighted by Crippen LogP contribution is 2.38. The van der Waals surface area contributed by atoms with Gasteiger partial charge in [-0.3, -0.25) is 14.2 Å². The van der Waals surface area contributed by atoms with E-state index in [1.54, 1.807) is 30.4 Å². The first-order valence-electron chi connectivity index (χ1n) is 15.1. The molecule has 0 radical (unpaired) electrons. The molecule has 2 aliphatic heterocycles. The van der Waals surface area contributed by atoms with E-state index in [0.717, 1.165) is 10.1 Å². The molecule has 0 aliphatic carbocycles. The number of methoxy groups -OCH3 is 1. The second kappa shape index (κ2) is 12.9. The molecule has 12 nitrogen and oxygen atoms in total. The second-order valence-electron chi connectivity index (χ2n) is 11.7. The van der Waals surface area contributed by atoms with Crippen molar-refractivity contribution in [1.29, 1.82) is 0 Å². The minimum atomic E-state index is -1.49. The van der Waals surface area contributed by atoms with Gasteiger partial charge in [0.2, 0.25) is 11.8 Å². The summed E-state index contributed by atoms with van der Waals surface area (Å²) < 4.78 is 31.7. The number of morpholine rings is 1. The number of benzene rings is 1. The van der Waals surface area contributed by atoms with Gasteiger partial charge in [0.05, 0.1) is 49.4 Å². The Hall–Kier alpha value is -3.78. The Labute approximate surface area is 264 Å². The highest BCUT2D eigenvalue weighted by Gasteiger charge is 2.39. The van der Waals surface area contributed by atoms with E-state index < -0.39 is 22.9 Å². The van der Waals surface area contributed by atoms with Crippen molar-refractivity contribution in [3.63, 3.8) is 0 Å². The molecule has 13 heteroatoms. The van der Waals surface area contributed by atoms with E-state index in [1.165, 1.54) is 23.8 Å². The van der Waals surface area contributed by atoms with Crippen LogP contribution in [0.4, 0.5) is 0 Å². The fourth-order valence-corrected chi connectivity index (χ4v) is 7.39. The number of fused-ring (bicyclic) bond motifs is 1. The lowest BCUT2D eigenvalue weighted by Crippen LogP contribution is -2.58. The van der Waals surface area contributed by atoms with Crippen LogP contribution in [0.3, 0.4) is 0 Å². The Morgan fingerprint density at radius 3 is 2.51 bits per heavy atom. The number of carbonyl (C=O) groups excluding carboxylic acids is 1. The molecule has 2 saturated heterocycles. The summed E-state index contributed by atoms with van der Waals surface area (Å²) in [6.07, 6.45) is 3.72. The monoisotopic (exact) mass is 638 g/mol. The van der Waals surface area contributed by atoms with Gasteiger partial charge in [0.1, 0.15) is 28.5 Å². The molecule has 0 N–H and O–H groups in total. The van der Waals surface area contributed by atoms with Gasteiger partial charge in [0, 0.05) is 31.9 Å². The molecular weight excluding hydrogens is 600 g/mol. The fourth-order valence-electron chi connectivity index (χ4n) is 6.15. The first-order valence-corrected chi connectivity index (χ1v) is 16.0. The van der Waals surface area contributed by atoms with Crippen LogP contribution in [0.1, 0.15) is 43.9 Å². The van der Waals surface area contributed by atoms with E-state index in [-0.39, 0.29) is 18.6 Å². The summed E-state index contributed by atoms with van der Waals surface area (Å²) in [7, 11) is 1.60. The van der Waals surface area contributed by atoms with Gasteiger partial charge in [-0.1, -0.05) is 18.2 Å². The lowest BCUT2D eigenvalue weighted by Gasteiger charge is -2.35. The summed E-state index contributed by atoms with van der Waals surface area (Å²) in [5, 5.41) is 0.334. The maximum Gasteiger partial charge on any atom is 0.333 e. The van der Waals surface area contributed by atoms with Gasteiger partial charge < -0.3 is 28.3 Å². The van der Waals surface area contributed by atoms with Crippen molar-refractivity contribution >= 4 is 27.5 Å². The molecule has 0 bridgehead atoms. The third-order valence-electron chi connectivity index (χ3n) is 8.58. The van der Waals surface area contributed by atoms with E-state index in [0.29, 0.717) is 84.7 Å². The van der Waals surface area contributed by atoms with E-state index in [9.17, 15) is 14.4 Å². The molecule has 5 heterocycles. The van der Waals surface area contributed by atoms with Gasteiger partial charge in [-0.25, -0.2) is 14.3 Å². The fraction of sp³-hybridized carbons (Fsp3) is 0.500. The van der Waals surface area contributed by atoms with Crippen LogP contribution >= 0.6 is 11.3 Å². The molecule has 3 aromatic heterocycles. The number of para-hydroxylation sites is 1. The molecule has 240 valence electrons. The average Bonchev–Trinajstić information content (AvgIpc) is 3.71. The molecule has 6 rings (SSSR count). The highest BCUT2D eigenvalue weighted by molar-refractivity contribution is 7.22. The largest absolute Gasteiger partial charge is 0.496 e. The van der Waals surface area contributed by atoms with E-state index in [2.05, 4.69) is 4.98 Å². The molecule has 2 aliphatic rings. The van der Waals surface area contributed by atoms with Gasteiger partial charge in [-0.2, -0.15) is 0 Å². The number of hydrogen-bond donors (Lipinski definition) is 0. The summed E-state index contributed by atoms with van der Waals surface area (Å²) in [6.45, 7) is 7.85. The van der Waals surface area contributed by atoms with Crippen LogP contribution in [0.2, 0.25) is 0 Å². The smallest absolute Gasteiger partial charge is 0.333 e. The van der Waals surface area contributed by atoms with Crippen LogP contribution in [0, 0.1) is 6.92 Å². The van der Waals surface area contributed by atoms with Crippen LogP contribution in [-0.4, -0.2) is 77.7 Å². The van der Waals surface area contributed by atoms with Crippen molar-refractivity contribution in [3.05, 3.63) is 68.7 Å². The maximum atomic E-state index is 14.6. The Morgan fingerprint density at radius 2 is 1.82 bits per heavy atom. The SMILES string of the molecule is COc1ccccc1[C@H](Cn1c(=O)n(C(C)(C)C(=O)N2CCOCC2)c(=O)c2c(C)c(-c3ncco3)sc21)OC1CCOCC1. The third kappa shape index (κ3) is 5.85.